The molecule has 9 heteroatoms. The Kier molecular flexibility index (Phi) is 7.33. The Hall–Kier alpha value is -2.16. The number of piperidine rings is 1. The summed E-state index contributed by atoms with van der Waals surface area (Å²) in [5.41, 5.74) is 1.08. The highest BCUT2D eigenvalue weighted by atomic mass is 35.5. The van der Waals surface area contributed by atoms with Gasteiger partial charge in [-0.3, -0.25) is 4.79 Å². The largest absolute Gasteiger partial charge is 0.373 e. The SMILES string of the molecule is CN(CCNC(=O)C1CCN(S(=O)(=O)c2ccc(F)c(Cl)c2)CC1)c1ccccc1. The first-order chi connectivity index (χ1) is 14.3. The molecule has 1 heterocycles. The molecule has 30 heavy (non-hydrogen) atoms. The molecule has 3 rings (SSSR count). The molecule has 0 spiro atoms. The maximum absolute atomic E-state index is 13.3. The van der Waals surface area contributed by atoms with Crippen LogP contribution in [0.15, 0.2) is 53.4 Å². The Morgan fingerprint density at radius 1 is 1.20 bits per heavy atom. The van der Waals surface area contributed by atoms with Gasteiger partial charge < -0.3 is 10.2 Å². The molecule has 1 amide bonds. The molecule has 0 atom stereocenters. The molecule has 0 bridgehead atoms. The van der Waals surface area contributed by atoms with E-state index in [-0.39, 0.29) is 34.8 Å². The van der Waals surface area contributed by atoms with Crippen LogP contribution >= 0.6 is 11.6 Å². The number of nitrogens with zero attached hydrogens (tertiary/aromatic N) is 2. The Balaban J connectivity index is 1.48. The number of sulfonamides is 1. The molecule has 0 aliphatic carbocycles. The number of carbonyl (C=O) groups excluding carboxylic acids is 1. The topological polar surface area (TPSA) is 69.7 Å². The molecule has 1 fully saturated rings. The van der Waals surface area contributed by atoms with Crippen molar-refractivity contribution in [3.05, 3.63) is 59.4 Å². The normalized spacial score (nSPS) is 15.7. The summed E-state index contributed by atoms with van der Waals surface area (Å²) in [6.07, 6.45) is 0.878. The molecule has 1 saturated heterocycles. The minimum Gasteiger partial charge on any atom is -0.373 e. The number of rotatable bonds is 7. The predicted octanol–water partition coefficient (Wildman–Crippen LogP) is 3.13. The van der Waals surface area contributed by atoms with Crippen molar-refractivity contribution < 1.29 is 17.6 Å². The van der Waals surface area contributed by atoms with E-state index < -0.39 is 15.8 Å². The maximum Gasteiger partial charge on any atom is 0.243 e. The Morgan fingerprint density at radius 3 is 2.50 bits per heavy atom. The number of carbonyl (C=O) groups is 1. The highest BCUT2D eigenvalue weighted by Crippen LogP contribution is 2.26. The van der Waals surface area contributed by atoms with E-state index in [1.54, 1.807) is 0 Å². The minimum absolute atomic E-state index is 0.0410. The summed E-state index contributed by atoms with van der Waals surface area (Å²) in [6.45, 7) is 1.66. The number of amides is 1. The molecular formula is C21H25ClFN3O3S. The van der Waals surface area contributed by atoms with Crippen molar-refractivity contribution in [2.45, 2.75) is 17.7 Å². The molecule has 1 aliphatic rings. The highest BCUT2D eigenvalue weighted by molar-refractivity contribution is 7.89. The van der Waals surface area contributed by atoms with Gasteiger partial charge >= 0.3 is 0 Å². The van der Waals surface area contributed by atoms with Crippen molar-refractivity contribution in [3.63, 3.8) is 0 Å². The Morgan fingerprint density at radius 2 is 1.87 bits per heavy atom. The van der Waals surface area contributed by atoms with Crippen LogP contribution in [0.1, 0.15) is 12.8 Å². The molecule has 1 aliphatic heterocycles. The Labute approximate surface area is 181 Å². The van der Waals surface area contributed by atoms with Crippen LogP contribution in [0.2, 0.25) is 5.02 Å². The second kappa shape index (κ2) is 9.76. The lowest BCUT2D eigenvalue weighted by Crippen LogP contribution is -2.44. The van der Waals surface area contributed by atoms with Gasteiger partial charge in [0.1, 0.15) is 5.82 Å². The lowest BCUT2D eigenvalue weighted by atomic mass is 9.97. The highest BCUT2D eigenvalue weighted by Gasteiger charge is 2.32. The van der Waals surface area contributed by atoms with Crippen LogP contribution in [0.4, 0.5) is 10.1 Å². The van der Waals surface area contributed by atoms with E-state index in [4.69, 9.17) is 11.6 Å². The third kappa shape index (κ3) is 5.30. The number of benzene rings is 2. The van der Waals surface area contributed by atoms with Crippen LogP contribution in [0.25, 0.3) is 0 Å². The standard InChI is InChI=1S/C21H25ClFN3O3S/c1-25(17-5-3-2-4-6-17)14-11-24-21(27)16-9-12-26(13-10-16)30(28,29)18-7-8-20(23)19(22)15-18/h2-8,15-16H,9-14H2,1H3,(H,24,27). The number of likely N-dealkylation sites (N-methyl/N-ethyl adjacent to an activating group) is 1. The Bertz CT molecular complexity index is 980. The predicted molar refractivity (Wildman–Crippen MR) is 116 cm³/mol. The summed E-state index contributed by atoms with van der Waals surface area (Å²) >= 11 is 5.72. The number of hydrogen-bond donors (Lipinski definition) is 1. The molecule has 6 nitrogen and oxygen atoms in total. The molecule has 2 aromatic rings. The van der Waals surface area contributed by atoms with Crippen molar-refractivity contribution in [1.82, 2.24) is 9.62 Å². The zero-order valence-corrected chi connectivity index (χ0v) is 18.3. The van der Waals surface area contributed by atoms with Gasteiger partial charge in [0.2, 0.25) is 15.9 Å². The third-order valence-electron chi connectivity index (χ3n) is 5.30. The van der Waals surface area contributed by atoms with Gasteiger partial charge in [-0.1, -0.05) is 29.8 Å². The summed E-state index contributed by atoms with van der Waals surface area (Å²) in [7, 11) is -1.80. The summed E-state index contributed by atoms with van der Waals surface area (Å²) in [4.78, 5) is 14.5. The third-order valence-corrected chi connectivity index (χ3v) is 7.48. The van der Waals surface area contributed by atoms with E-state index in [9.17, 15) is 17.6 Å². The van der Waals surface area contributed by atoms with Crippen molar-refractivity contribution in [2.24, 2.45) is 5.92 Å². The average molecular weight is 454 g/mol. The van der Waals surface area contributed by atoms with Crippen molar-refractivity contribution in [3.8, 4) is 0 Å². The van der Waals surface area contributed by atoms with E-state index in [0.717, 1.165) is 17.8 Å². The van der Waals surface area contributed by atoms with Crippen LogP contribution in [0.3, 0.4) is 0 Å². The second-order valence-corrected chi connectivity index (χ2v) is 9.65. The minimum atomic E-state index is -3.77. The summed E-state index contributed by atoms with van der Waals surface area (Å²) in [5.74, 6) is -0.947. The van der Waals surface area contributed by atoms with E-state index in [0.29, 0.717) is 25.9 Å². The van der Waals surface area contributed by atoms with Crippen LogP contribution in [-0.2, 0) is 14.8 Å². The van der Waals surface area contributed by atoms with E-state index >= 15 is 0 Å². The fraction of sp³-hybridized carbons (Fsp3) is 0.381. The molecule has 0 radical (unpaired) electrons. The van der Waals surface area contributed by atoms with Crippen molar-refractivity contribution in [1.29, 1.82) is 0 Å². The van der Waals surface area contributed by atoms with Gasteiger partial charge in [0, 0.05) is 44.8 Å². The first-order valence-corrected chi connectivity index (χ1v) is 11.6. The summed E-state index contributed by atoms with van der Waals surface area (Å²) < 4.78 is 40.1. The molecule has 0 aromatic heterocycles. The number of nitrogens with one attached hydrogen (secondary N) is 1. The van der Waals surface area contributed by atoms with Gasteiger partial charge in [-0.2, -0.15) is 4.31 Å². The van der Waals surface area contributed by atoms with Gasteiger partial charge in [0.25, 0.3) is 0 Å². The number of hydrogen-bond acceptors (Lipinski definition) is 4. The first kappa shape index (κ1) is 22.5. The smallest absolute Gasteiger partial charge is 0.243 e. The number of anilines is 1. The molecule has 2 aromatic carbocycles. The van der Waals surface area contributed by atoms with Crippen LogP contribution in [0, 0.1) is 11.7 Å². The fourth-order valence-electron chi connectivity index (χ4n) is 3.45. The van der Waals surface area contributed by atoms with Crippen molar-refractivity contribution >= 4 is 33.2 Å². The number of halogens is 2. The van der Waals surface area contributed by atoms with Gasteiger partial charge in [0.15, 0.2) is 0 Å². The summed E-state index contributed by atoms with van der Waals surface area (Å²) in [6, 6.07) is 13.3. The van der Waals surface area contributed by atoms with Gasteiger partial charge in [0.05, 0.1) is 9.92 Å². The van der Waals surface area contributed by atoms with Gasteiger partial charge in [-0.15, -0.1) is 0 Å². The van der Waals surface area contributed by atoms with Crippen molar-refractivity contribution in [2.75, 3.05) is 38.1 Å². The molecule has 0 unspecified atom stereocenters. The van der Waals surface area contributed by atoms with Crippen LogP contribution in [-0.4, -0.2) is 51.9 Å². The maximum atomic E-state index is 13.3. The molecule has 162 valence electrons. The molecular weight excluding hydrogens is 429 g/mol. The zero-order valence-electron chi connectivity index (χ0n) is 16.7. The first-order valence-electron chi connectivity index (χ1n) is 9.78. The lowest BCUT2D eigenvalue weighted by molar-refractivity contribution is -0.126. The second-order valence-electron chi connectivity index (χ2n) is 7.30. The van der Waals surface area contributed by atoms with Gasteiger partial charge in [-0.25, -0.2) is 12.8 Å². The monoisotopic (exact) mass is 453 g/mol. The lowest BCUT2D eigenvalue weighted by Gasteiger charge is -2.30. The van der Waals surface area contributed by atoms with Crippen LogP contribution in [0.5, 0.6) is 0 Å². The quantitative estimate of drug-likeness (QED) is 0.699. The van der Waals surface area contributed by atoms with E-state index in [1.165, 1.54) is 10.4 Å². The fourth-order valence-corrected chi connectivity index (χ4v) is 5.19. The average Bonchev–Trinajstić information content (AvgIpc) is 2.76. The van der Waals surface area contributed by atoms with E-state index in [1.807, 2.05) is 37.4 Å². The van der Waals surface area contributed by atoms with Crippen LogP contribution < -0.4 is 10.2 Å². The number of para-hydroxylation sites is 1. The molecule has 1 N–H and O–H groups in total. The van der Waals surface area contributed by atoms with E-state index in [2.05, 4.69) is 10.2 Å². The molecule has 0 saturated carbocycles. The summed E-state index contributed by atoms with van der Waals surface area (Å²) in [5, 5.41) is 2.71. The zero-order chi connectivity index (χ0) is 21.7. The van der Waals surface area contributed by atoms with Gasteiger partial charge in [-0.05, 0) is 43.2 Å².